The number of aliphatic hydroxyl groups excluding tert-OH is 1. The monoisotopic (exact) mass is 181 g/mol. The summed E-state index contributed by atoms with van der Waals surface area (Å²) in [4.78, 5) is 11.4. The Labute approximate surface area is 77.6 Å². The molecular formula is C10H15NO2. The van der Waals surface area contributed by atoms with Crippen LogP contribution in [-0.2, 0) is 6.54 Å². The van der Waals surface area contributed by atoms with E-state index in [-0.39, 0.29) is 12.2 Å². The van der Waals surface area contributed by atoms with E-state index in [1.54, 1.807) is 10.6 Å². The second-order valence-electron chi connectivity index (χ2n) is 3.24. The van der Waals surface area contributed by atoms with Gasteiger partial charge in [0.05, 0.1) is 0 Å². The van der Waals surface area contributed by atoms with E-state index in [1.165, 1.54) is 0 Å². The number of aliphatic hydroxyl groups is 1. The highest BCUT2D eigenvalue weighted by atomic mass is 16.3. The third-order valence-corrected chi connectivity index (χ3v) is 2.02. The lowest BCUT2D eigenvalue weighted by atomic mass is 10.2. The maximum Gasteiger partial charge on any atom is 0.250 e. The number of aromatic nitrogens is 1. The first kappa shape index (κ1) is 9.99. The first-order valence-corrected chi connectivity index (χ1v) is 4.44. The van der Waals surface area contributed by atoms with E-state index in [0.717, 1.165) is 11.3 Å². The fraction of sp³-hybridized carbons (Fsp3) is 0.500. The van der Waals surface area contributed by atoms with Crippen molar-refractivity contribution in [2.45, 2.75) is 26.8 Å². The largest absolute Gasteiger partial charge is 0.396 e. The highest BCUT2D eigenvalue weighted by molar-refractivity contribution is 5.15. The van der Waals surface area contributed by atoms with Crippen LogP contribution in [0.2, 0.25) is 0 Å². The number of hydrogen-bond donors (Lipinski definition) is 1. The van der Waals surface area contributed by atoms with Crippen LogP contribution >= 0.6 is 0 Å². The minimum Gasteiger partial charge on any atom is -0.396 e. The van der Waals surface area contributed by atoms with E-state index in [2.05, 4.69) is 0 Å². The quantitative estimate of drug-likeness (QED) is 0.751. The third-order valence-electron chi connectivity index (χ3n) is 2.02. The highest BCUT2D eigenvalue weighted by Gasteiger charge is 1.99. The fourth-order valence-corrected chi connectivity index (χ4v) is 1.41. The predicted octanol–water partition coefficient (Wildman–Crippen LogP) is 0.848. The summed E-state index contributed by atoms with van der Waals surface area (Å²) in [6, 6.07) is 3.59. The number of pyridine rings is 1. The van der Waals surface area contributed by atoms with Crippen LogP contribution in [0.3, 0.4) is 0 Å². The standard InChI is InChI=1S/C10H15NO2/c1-8-6-9(2)11(4-3-5-12)10(13)7-8/h6-7,12H,3-5H2,1-2H3. The van der Waals surface area contributed by atoms with E-state index in [9.17, 15) is 4.79 Å². The predicted molar refractivity (Wildman–Crippen MR) is 51.9 cm³/mol. The number of rotatable bonds is 3. The first-order chi connectivity index (χ1) is 6.15. The lowest BCUT2D eigenvalue weighted by molar-refractivity contribution is 0.278. The summed E-state index contributed by atoms with van der Waals surface area (Å²) in [6.45, 7) is 4.54. The van der Waals surface area contributed by atoms with Gasteiger partial charge in [0.25, 0.3) is 5.56 Å². The van der Waals surface area contributed by atoms with Crippen molar-refractivity contribution in [3.63, 3.8) is 0 Å². The molecule has 13 heavy (non-hydrogen) atoms. The molecule has 3 heteroatoms. The molecule has 0 spiro atoms. The van der Waals surface area contributed by atoms with Gasteiger partial charge in [-0.3, -0.25) is 4.79 Å². The molecule has 0 atom stereocenters. The van der Waals surface area contributed by atoms with E-state index in [4.69, 9.17) is 5.11 Å². The zero-order chi connectivity index (χ0) is 9.84. The summed E-state index contributed by atoms with van der Waals surface area (Å²) in [6.07, 6.45) is 0.629. The number of nitrogens with zero attached hydrogens (tertiary/aromatic N) is 1. The van der Waals surface area contributed by atoms with Gasteiger partial charge < -0.3 is 9.67 Å². The van der Waals surface area contributed by atoms with Crippen molar-refractivity contribution in [3.05, 3.63) is 33.7 Å². The van der Waals surface area contributed by atoms with Crippen LogP contribution in [0.5, 0.6) is 0 Å². The fourth-order valence-electron chi connectivity index (χ4n) is 1.41. The Morgan fingerprint density at radius 1 is 1.38 bits per heavy atom. The van der Waals surface area contributed by atoms with E-state index >= 15 is 0 Å². The zero-order valence-electron chi connectivity index (χ0n) is 8.08. The Morgan fingerprint density at radius 2 is 2.08 bits per heavy atom. The average Bonchev–Trinajstić information content (AvgIpc) is 2.02. The normalized spacial score (nSPS) is 10.4. The molecule has 72 valence electrons. The minimum absolute atomic E-state index is 0.0194. The molecule has 1 rings (SSSR count). The molecule has 1 aromatic rings. The molecule has 0 radical (unpaired) electrons. The first-order valence-electron chi connectivity index (χ1n) is 4.44. The maximum absolute atomic E-state index is 11.4. The summed E-state index contributed by atoms with van der Waals surface area (Å²) in [5.74, 6) is 0. The summed E-state index contributed by atoms with van der Waals surface area (Å²) in [5, 5.41) is 8.65. The SMILES string of the molecule is Cc1cc(C)n(CCCO)c(=O)c1. The topological polar surface area (TPSA) is 42.2 Å². The van der Waals surface area contributed by atoms with Crippen molar-refractivity contribution >= 4 is 0 Å². The van der Waals surface area contributed by atoms with Crippen LogP contribution in [0.4, 0.5) is 0 Å². The van der Waals surface area contributed by atoms with Gasteiger partial charge in [-0.2, -0.15) is 0 Å². The van der Waals surface area contributed by atoms with Crippen molar-refractivity contribution in [1.29, 1.82) is 0 Å². The van der Waals surface area contributed by atoms with Crippen molar-refractivity contribution in [2.75, 3.05) is 6.61 Å². The molecule has 0 aliphatic carbocycles. The van der Waals surface area contributed by atoms with Crippen LogP contribution in [0, 0.1) is 13.8 Å². The zero-order valence-corrected chi connectivity index (χ0v) is 8.08. The molecule has 0 fully saturated rings. The number of hydrogen-bond acceptors (Lipinski definition) is 2. The molecule has 1 heterocycles. The van der Waals surface area contributed by atoms with Crippen LogP contribution in [0.25, 0.3) is 0 Å². The van der Waals surface area contributed by atoms with Gasteiger partial charge in [-0.1, -0.05) is 0 Å². The van der Waals surface area contributed by atoms with E-state index in [0.29, 0.717) is 13.0 Å². The second kappa shape index (κ2) is 4.23. The van der Waals surface area contributed by atoms with E-state index in [1.807, 2.05) is 19.9 Å². The lowest BCUT2D eigenvalue weighted by Gasteiger charge is -2.08. The molecule has 1 aromatic heterocycles. The van der Waals surface area contributed by atoms with Crippen molar-refractivity contribution < 1.29 is 5.11 Å². The molecule has 3 nitrogen and oxygen atoms in total. The molecule has 0 aliphatic heterocycles. The molecule has 0 aromatic carbocycles. The molecule has 1 N–H and O–H groups in total. The Kier molecular flexibility index (Phi) is 3.25. The Balaban J connectivity index is 2.99. The van der Waals surface area contributed by atoms with Crippen molar-refractivity contribution in [3.8, 4) is 0 Å². The van der Waals surface area contributed by atoms with Gasteiger partial charge in [-0.05, 0) is 31.9 Å². The average molecular weight is 181 g/mol. The van der Waals surface area contributed by atoms with Crippen molar-refractivity contribution in [2.24, 2.45) is 0 Å². The van der Waals surface area contributed by atoms with Gasteiger partial charge in [-0.15, -0.1) is 0 Å². The summed E-state index contributed by atoms with van der Waals surface area (Å²) in [7, 11) is 0. The van der Waals surface area contributed by atoms with Crippen LogP contribution in [0.15, 0.2) is 16.9 Å². The summed E-state index contributed by atoms with van der Waals surface area (Å²) in [5.41, 5.74) is 1.96. The van der Waals surface area contributed by atoms with Gasteiger partial charge in [0, 0.05) is 24.9 Å². The summed E-state index contributed by atoms with van der Waals surface area (Å²) >= 11 is 0. The Morgan fingerprint density at radius 3 is 2.62 bits per heavy atom. The van der Waals surface area contributed by atoms with Crippen LogP contribution in [0.1, 0.15) is 17.7 Å². The van der Waals surface area contributed by atoms with Crippen molar-refractivity contribution in [1.82, 2.24) is 4.57 Å². The second-order valence-corrected chi connectivity index (χ2v) is 3.24. The molecule has 0 amide bonds. The smallest absolute Gasteiger partial charge is 0.250 e. The highest BCUT2D eigenvalue weighted by Crippen LogP contribution is 1.99. The van der Waals surface area contributed by atoms with Gasteiger partial charge in [-0.25, -0.2) is 0 Å². The molecule has 0 saturated carbocycles. The van der Waals surface area contributed by atoms with Gasteiger partial charge in [0.1, 0.15) is 0 Å². The molecule has 0 unspecified atom stereocenters. The third kappa shape index (κ3) is 2.42. The molecule has 0 saturated heterocycles. The van der Waals surface area contributed by atoms with Crippen LogP contribution in [-0.4, -0.2) is 16.3 Å². The van der Waals surface area contributed by atoms with Gasteiger partial charge in [0.2, 0.25) is 0 Å². The van der Waals surface area contributed by atoms with Gasteiger partial charge in [0.15, 0.2) is 0 Å². The van der Waals surface area contributed by atoms with Gasteiger partial charge >= 0.3 is 0 Å². The molecule has 0 aliphatic rings. The lowest BCUT2D eigenvalue weighted by Crippen LogP contribution is -2.22. The molecular weight excluding hydrogens is 166 g/mol. The summed E-state index contributed by atoms with van der Waals surface area (Å²) < 4.78 is 1.68. The molecule has 0 bridgehead atoms. The maximum atomic E-state index is 11.4. The van der Waals surface area contributed by atoms with Crippen LogP contribution < -0.4 is 5.56 Å². The van der Waals surface area contributed by atoms with E-state index < -0.39 is 0 Å². The minimum atomic E-state index is 0.0194. The Hall–Kier alpha value is -1.09. The number of aryl methyl sites for hydroxylation is 2. The Bertz CT molecular complexity index is 341.